The van der Waals surface area contributed by atoms with Gasteiger partial charge in [0.05, 0.1) is 11.6 Å². The lowest BCUT2D eigenvalue weighted by Gasteiger charge is -2.06. The fraction of sp³-hybridized carbons (Fsp3) is 0.522. The van der Waals surface area contributed by atoms with Gasteiger partial charge in [-0.05, 0) is 56.0 Å². The standard InChI is InChI=1S/C23H33NO2S/c1-3-5-6-7-8-9-10-21-16-17-22(27-21)24-20-14-11-19(12-15-20)13-18-23(25)26-4-2/h11-12,14-17,24H,3-10,13,18H2,1-2H3. The van der Waals surface area contributed by atoms with Gasteiger partial charge in [-0.3, -0.25) is 4.79 Å². The van der Waals surface area contributed by atoms with Crippen molar-refractivity contribution in [1.82, 2.24) is 0 Å². The molecular weight excluding hydrogens is 354 g/mol. The lowest BCUT2D eigenvalue weighted by Crippen LogP contribution is -2.05. The largest absolute Gasteiger partial charge is 0.466 e. The summed E-state index contributed by atoms with van der Waals surface area (Å²) in [6.07, 6.45) is 10.4. The van der Waals surface area contributed by atoms with Crippen molar-refractivity contribution in [3.05, 3.63) is 46.8 Å². The van der Waals surface area contributed by atoms with Crippen molar-refractivity contribution < 1.29 is 9.53 Å². The van der Waals surface area contributed by atoms with Gasteiger partial charge >= 0.3 is 5.97 Å². The van der Waals surface area contributed by atoms with Crippen LogP contribution < -0.4 is 5.32 Å². The number of unbranched alkanes of at least 4 members (excludes halogenated alkanes) is 5. The van der Waals surface area contributed by atoms with Gasteiger partial charge in [-0.1, -0.05) is 51.2 Å². The van der Waals surface area contributed by atoms with Crippen molar-refractivity contribution in [1.29, 1.82) is 0 Å². The van der Waals surface area contributed by atoms with Gasteiger partial charge in [0.25, 0.3) is 0 Å². The van der Waals surface area contributed by atoms with Crippen LogP contribution in [-0.4, -0.2) is 12.6 Å². The van der Waals surface area contributed by atoms with Gasteiger partial charge < -0.3 is 10.1 Å². The molecule has 0 aliphatic rings. The first-order valence-electron chi connectivity index (χ1n) is 10.3. The molecule has 0 saturated heterocycles. The maximum Gasteiger partial charge on any atom is 0.306 e. The third-order valence-corrected chi connectivity index (χ3v) is 5.64. The van der Waals surface area contributed by atoms with E-state index in [-0.39, 0.29) is 5.97 Å². The lowest BCUT2D eigenvalue weighted by atomic mass is 10.1. The summed E-state index contributed by atoms with van der Waals surface area (Å²) in [7, 11) is 0. The highest BCUT2D eigenvalue weighted by atomic mass is 32.1. The molecule has 0 spiro atoms. The van der Waals surface area contributed by atoms with Gasteiger partial charge in [0.15, 0.2) is 0 Å². The van der Waals surface area contributed by atoms with Gasteiger partial charge in [0.2, 0.25) is 0 Å². The number of rotatable bonds is 13. The molecule has 4 heteroatoms. The Kier molecular flexibility index (Phi) is 9.99. The molecule has 1 heterocycles. The minimum absolute atomic E-state index is 0.129. The van der Waals surface area contributed by atoms with Crippen molar-refractivity contribution in [3.63, 3.8) is 0 Å². The van der Waals surface area contributed by atoms with Gasteiger partial charge in [0.1, 0.15) is 0 Å². The molecule has 3 nitrogen and oxygen atoms in total. The van der Waals surface area contributed by atoms with E-state index in [2.05, 4.69) is 48.6 Å². The van der Waals surface area contributed by atoms with E-state index in [1.165, 1.54) is 54.8 Å². The van der Waals surface area contributed by atoms with E-state index in [1.54, 1.807) is 0 Å². The SMILES string of the molecule is CCCCCCCCc1ccc(Nc2ccc(CCC(=O)OCC)cc2)s1. The summed E-state index contributed by atoms with van der Waals surface area (Å²) in [5, 5.41) is 4.67. The molecular formula is C23H33NO2S. The lowest BCUT2D eigenvalue weighted by molar-refractivity contribution is -0.143. The Labute approximate surface area is 168 Å². The Morgan fingerprint density at radius 3 is 2.41 bits per heavy atom. The summed E-state index contributed by atoms with van der Waals surface area (Å²) in [5.74, 6) is -0.129. The van der Waals surface area contributed by atoms with E-state index in [1.807, 2.05) is 18.3 Å². The van der Waals surface area contributed by atoms with Crippen LogP contribution in [0.3, 0.4) is 0 Å². The zero-order chi connectivity index (χ0) is 19.3. The van der Waals surface area contributed by atoms with E-state index < -0.39 is 0 Å². The van der Waals surface area contributed by atoms with E-state index in [9.17, 15) is 4.79 Å². The molecule has 2 rings (SSSR count). The van der Waals surface area contributed by atoms with Crippen LogP contribution in [0.15, 0.2) is 36.4 Å². The molecule has 0 unspecified atom stereocenters. The van der Waals surface area contributed by atoms with Crippen molar-refractivity contribution in [3.8, 4) is 0 Å². The molecule has 1 aromatic carbocycles. The summed E-state index contributed by atoms with van der Waals surface area (Å²) in [5.41, 5.74) is 2.24. The minimum Gasteiger partial charge on any atom is -0.466 e. The quantitative estimate of drug-likeness (QED) is 0.300. The number of esters is 1. The zero-order valence-corrected chi connectivity index (χ0v) is 17.6. The van der Waals surface area contributed by atoms with Crippen LogP contribution in [0.25, 0.3) is 0 Å². The van der Waals surface area contributed by atoms with E-state index in [0.717, 1.165) is 17.7 Å². The number of nitrogens with one attached hydrogen (secondary N) is 1. The molecule has 148 valence electrons. The molecule has 0 bridgehead atoms. The number of hydrogen-bond acceptors (Lipinski definition) is 4. The number of ether oxygens (including phenoxy) is 1. The predicted molar refractivity (Wildman–Crippen MR) is 116 cm³/mol. The van der Waals surface area contributed by atoms with Crippen molar-refractivity contribution in [2.75, 3.05) is 11.9 Å². The van der Waals surface area contributed by atoms with Crippen LogP contribution >= 0.6 is 11.3 Å². The Morgan fingerprint density at radius 2 is 1.67 bits per heavy atom. The molecule has 27 heavy (non-hydrogen) atoms. The van der Waals surface area contributed by atoms with Gasteiger partial charge in [-0.25, -0.2) is 0 Å². The Bertz CT molecular complexity index is 663. The summed E-state index contributed by atoms with van der Waals surface area (Å²) in [4.78, 5) is 12.9. The van der Waals surface area contributed by atoms with Crippen molar-refractivity contribution in [2.24, 2.45) is 0 Å². The molecule has 1 aromatic heterocycles. The molecule has 0 saturated carbocycles. The van der Waals surface area contributed by atoms with Crippen molar-refractivity contribution >= 4 is 28.0 Å². The first kappa shape index (κ1) is 21.5. The summed E-state index contributed by atoms with van der Waals surface area (Å²) < 4.78 is 4.97. The predicted octanol–water partition coefficient (Wildman–Crippen LogP) is 6.89. The first-order chi connectivity index (χ1) is 13.2. The molecule has 1 N–H and O–H groups in total. The Balaban J connectivity index is 1.72. The van der Waals surface area contributed by atoms with E-state index >= 15 is 0 Å². The number of hydrogen-bond donors (Lipinski definition) is 1. The second-order valence-corrected chi connectivity index (χ2v) is 8.08. The maximum atomic E-state index is 11.4. The number of benzene rings is 1. The average Bonchev–Trinajstić information content (AvgIpc) is 3.11. The molecule has 2 aromatic rings. The normalized spacial score (nSPS) is 10.7. The van der Waals surface area contributed by atoms with Crippen LogP contribution in [0.2, 0.25) is 0 Å². The fourth-order valence-electron chi connectivity index (χ4n) is 3.04. The van der Waals surface area contributed by atoms with E-state index in [4.69, 9.17) is 4.74 Å². The third-order valence-electron chi connectivity index (χ3n) is 4.58. The topological polar surface area (TPSA) is 38.3 Å². The van der Waals surface area contributed by atoms with Gasteiger partial charge in [0, 0.05) is 17.0 Å². The third kappa shape index (κ3) is 8.61. The van der Waals surface area contributed by atoms with E-state index in [0.29, 0.717) is 13.0 Å². The number of aryl methyl sites for hydroxylation is 2. The smallest absolute Gasteiger partial charge is 0.306 e. The van der Waals surface area contributed by atoms with Crippen LogP contribution in [0.4, 0.5) is 10.7 Å². The highest BCUT2D eigenvalue weighted by molar-refractivity contribution is 7.16. The highest BCUT2D eigenvalue weighted by Gasteiger charge is 2.04. The Morgan fingerprint density at radius 1 is 0.926 bits per heavy atom. The molecule has 0 aliphatic heterocycles. The van der Waals surface area contributed by atoms with Crippen LogP contribution in [0.5, 0.6) is 0 Å². The summed E-state index contributed by atoms with van der Waals surface area (Å²) in [6, 6.07) is 12.7. The number of carbonyl (C=O) groups excluding carboxylic acids is 1. The van der Waals surface area contributed by atoms with Gasteiger partial charge in [-0.15, -0.1) is 11.3 Å². The molecule has 0 aliphatic carbocycles. The Hall–Kier alpha value is -1.81. The second kappa shape index (κ2) is 12.6. The highest BCUT2D eigenvalue weighted by Crippen LogP contribution is 2.27. The molecule has 0 amide bonds. The maximum absolute atomic E-state index is 11.4. The van der Waals surface area contributed by atoms with Crippen LogP contribution in [0, 0.1) is 0 Å². The van der Waals surface area contributed by atoms with Gasteiger partial charge in [-0.2, -0.15) is 0 Å². The average molecular weight is 388 g/mol. The molecule has 0 atom stereocenters. The number of anilines is 2. The van der Waals surface area contributed by atoms with Crippen molar-refractivity contribution in [2.45, 2.75) is 71.6 Å². The minimum atomic E-state index is -0.129. The molecule has 0 radical (unpaired) electrons. The monoisotopic (exact) mass is 387 g/mol. The first-order valence-corrected chi connectivity index (χ1v) is 11.1. The fourth-order valence-corrected chi connectivity index (χ4v) is 4.01. The van der Waals surface area contributed by atoms with Crippen LogP contribution in [-0.2, 0) is 22.4 Å². The van der Waals surface area contributed by atoms with Crippen LogP contribution in [0.1, 0.15) is 69.2 Å². The summed E-state index contributed by atoms with van der Waals surface area (Å²) in [6.45, 7) is 4.54. The molecule has 0 fully saturated rings. The summed E-state index contributed by atoms with van der Waals surface area (Å²) >= 11 is 1.85. The number of thiophene rings is 1. The zero-order valence-electron chi connectivity index (χ0n) is 16.8. The second-order valence-electron chi connectivity index (χ2n) is 6.91. The number of carbonyl (C=O) groups is 1.